The van der Waals surface area contributed by atoms with E-state index >= 15 is 0 Å². The number of anilines is 1. The Balaban J connectivity index is 1.97. The molecule has 0 fully saturated rings. The van der Waals surface area contributed by atoms with Gasteiger partial charge in [-0.05, 0) is 24.1 Å². The van der Waals surface area contributed by atoms with Gasteiger partial charge in [0.1, 0.15) is 18.0 Å². The van der Waals surface area contributed by atoms with E-state index in [9.17, 15) is 4.39 Å². The maximum Gasteiger partial charge on any atom is 0.129 e. The van der Waals surface area contributed by atoms with Crippen LogP contribution in [-0.2, 0) is 13.0 Å². The zero-order valence-electron chi connectivity index (χ0n) is 10.4. The van der Waals surface area contributed by atoms with Crippen molar-refractivity contribution in [3.8, 4) is 0 Å². The quantitative estimate of drug-likeness (QED) is 0.879. The van der Waals surface area contributed by atoms with Crippen molar-refractivity contribution in [3.05, 3.63) is 53.7 Å². The van der Waals surface area contributed by atoms with Crippen LogP contribution < -0.4 is 5.32 Å². The molecule has 1 heterocycles. The summed E-state index contributed by atoms with van der Waals surface area (Å²) in [4.78, 5) is 8.35. The molecule has 0 bridgehead atoms. The highest BCUT2D eigenvalue weighted by Gasteiger charge is 1.99. The number of nitrogens with zero attached hydrogens (tertiary/aromatic N) is 2. The smallest absolute Gasteiger partial charge is 0.129 e. The monoisotopic (exact) mass is 245 g/mol. The number of hydrogen-bond donors (Lipinski definition) is 1. The molecule has 3 nitrogen and oxygen atoms in total. The zero-order chi connectivity index (χ0) is 12.8. The fourth-order valence-electron chi connectivity index (χ4n) is 1.68. The SMILES string of the molecule is CCCc1cc(NCc2ccc(F)cc2)ncn1. The van der Waals surface area contributed by atoms with Crippen molar-refractivity contribution in [2.24, 2.45) is 0 Å². The molecule has 0 atom stereocenters. The summed E-state index contributed by atoms with van der Waals surface area (Å²) >= 11 is 0. The molecule has 94 valence electrons. The first-order valence-corrected chi connectivity index (χ1v) is 6.07. The maximum atomic E-state index is 12.7. The number of hydrogen-bond acceptors (Lipinski definition) is 3. The Hall–Kier alpha value is -1.97. The molecule has 18 heavy (non-hydrogen) atoms. The Kier molecular flexibility index (Phi) is 4.23. The summed E-state index contributed by atoms with van der Waals surface area (Å²) < 4.78 is 12.7. The van der Waals surface area contributed by atoms with Gasteiger partial charge in [-0.3, -0.25) is 0 Å². The predicted molar refractivity (Wildman–Crippen MR) is 69.8 cm³/mol. The summed E-state index contributed by atoms with van der Waals surface area (Å²) in [6.07, 6.45) is 3.58. The van der Waals surface area contributed by atoms with Crippen LogP contribution >= 0.6 is 0 Å². The van der Waals surface area contributed by atoms with Gasteiger partial charge in [0.15, 0.2) is 0 Å². The first-order valence-electron chi connectivity index (χ1n) is 6.07. The van der Waals surface area contributed by atoms with Gasteiger partial charge >= 0.3 is 0 Å². The van der Waals surface area contributed by atoms with Crippen LogP contribution in [0.4, 0.5) is 10.2 Å². The molecule has 0 radical (unpaired) electrons. The van der Waals surface area contributed by atoms with E-state index in [2.05, 4.69) is 22.2 Å². The second-order valence-electron chi connectivity index (χ2n) is 4.12. The third-order valence-electron chi connectivity index (χ3n) is 2.62. The van der Waals surface area contributed by atoms with Crippen LogP contribution in [0.5, 0.6) is 0 Å². The molecule has 0 aliphatic carbocycles. The molecule has 0 aliphatic heterocycles. The van der Waals surface area contributed by atoms with Crippen molar-refractivity contribution in [3.63, 3.8) is 0 Å². The molecule has 0 saturated carbocycles. The highest BCUT2D eigenvalue weighted by atomic mass is 19.1. The number of benzene rings is 1. The van der Waals surface area contributed by atoms with Crippen LogP contribution in [0.3, 0.4) is 0 Å². The minimum absolute atomic E-state index is 0.217. The van der Waals surface area contributed by atoms with Crippen LogP contribution in [0, 0.1) is 5.82 Å². The van der Waals surface area contributed by atoms with Crippen molar-refractivity contribution in [2.45, 2.75) is 26.3 Å². The van der Waals surface area contributed by atoms with Gasteiger partial charge < -0.3 is 5.32 Å². The number of aromatic nitrogens is 2. The fraction of sp³-hybridized carbons (Fsp3) is 0.286. The van der Waals surface area contributed by atoms with Crippen LogP contribution in [-0.4, -0.2) is 9.97 Å². The summed E-state index contributed by atoms with van der Waals surface area (Å²) in [7, 11) is 0. The second-order valence-corrected chi connectivity index (χ2v) is 4.12. The second kappa shape index (κ2) is 6.10. The van der Waals surface area contributed by atoms with E-state index in [1.807, 2.05) is 6.07 Å². The van der Waals surface area contributed by atoms with Crippen LogP contribution in [0.25, 0.3) is 0 Å². The van der Waals surface area contributed by atoms with Crippen molar-refractivity contribution in [2.75, 3.05) is 5.32 Å². The fourth-order valence-corrected chi connectivity index (χ4v) is 1.68. The molecule has 1 aromatic carbocycles. The van der Waals surface area contributed by atoms with E-state index in [4.69, 9.17) is 0 Å². The lowest BCUT2D eigenvalue weighted by Gasteiger charge is -2.06. The molecule has 2 rings (SSSR count). The van der Waals surface area contributed by atoms with E-state index < -0.39 is 0 Å². The molecule has 0 amide bonds. The molecule has 1 N–H and O–H groups in total. The standard InChI is InChI=1S/C14H16FN3/c1-2-3-13-8-14(18-10-17-13)16-9-11-4-6-12(15)7-5-11/h4-8,10H,2-3,9H2,1H3,(H,16,17,18). The normalized spacial score (nSPS) is 10.3. The minimum Gasteiger partial charge on any atom is -0.366 e. The summed E-state index contributed by atoms with van der Waals surface area (Å²) in [5.74, 6) is 0.587. The first-order chi connectivity index (χ1) is 8.78. The van der Waals surface area contributed by atoms with E-state index in [1.165, 1.54) is 12.1 Å². The van der Waals surface area contributed by atoms with Crippen molar-refractivity contribution < 1.29 is 4.39 Å². The van der Waals surface area contributed by atoms with Gasteiger partial charge in [0.2, 0.25) is 0 Å². The number of rotatable bonds is 5. The third kappa shape index (κ3) is 3.52. The van der Waals surface area contributed by atoms with Crippen LogP contribution in [0.1, 0.15) is 24.6 Å². The van der Waals surface area contributed by atoms with Crippen molar-refractivity contribution in [1.29, 1.82) is 0 Å². The molecule has 4 heteroatoms. The maximum absolute atomic E-state index is 12.7. The van der Waals surface area contributed by atoms with Gasteiger partial charge in [-0.15, -0.1) is 0 Å². The Morgan fingerprint density at radius 3 is 2.67 bits per heavy atom. The summed E-state index contributed by atoms with van der Waals surface area (Å²) in [5, 5.41) is 3.21. The Morgan fingerprint density at radius 1 is 1.17 bits per heavy atom. The van der Waals surface area contributed by atoms with Gasteiger partial charge in [-0.25, -0.2) is 14.4 Å². The lowest BCUT2D eigenvalue weighted by molar-refractivity contribution is 0.627. The van der Waals surface area contributed by atoms with Gasteiger partial charge in [-0.2, -0.15) is 0 Å². The van der Waals surface area contributed by atoms with Gasteiger partial charge in [0.05, 0.1) is 0 Å². The van der Waals surface area contributed by atoms with Gasteiger partial charge in [-0.1, -0.05) is 25.5 Å². The number of nitrogens with one attached hydrogen (secondary N) is 1. The Labute approximate surface area is 106 Å². The Morgan fingerprint density at radius 2 is 1.94 bits per heavy atom. The van der Waals surface area contributed by atoms with Gasteiger partial charge in [0, 0.05) is 18.3 Å². The number of aryl methyl sites for hydroxylation is 1. The van der Waals surface area contributed by atoms with Crippen molar-refractivity contribution in [1.82, 2.24) is 9.97 Å². The molecular weight excluding hydrogens is 229 g/mol. The van der Waals surface area contributed by atoms with Crippen LogP contribution in [0.15, 0.2) is 36.7 Å². The topological polar surface area (TPSA) is 37.8 Å². The summed E-state index contributed by atoms with van der Waals surface area (Å²) in [5.41, 5.74) is 2.06. The molecule has 0 spiro atoms. The lowest BCUT2D eigenvalue weighted by Crippen LogP contribution is -2.03. The van der Waals surface area contributed by atoms with E-state index in [0.717, 1.165) is 29.9 Å². The molecule has 0 unspecified atom stereocenters. The molecular formula is C14H16FN3. The first kappa shape index (κ1) is 12.5. The zero-order valence-corrected chi connectivity index (χ0v) is 10.4. The van der Waals surface area contributed by atoms with Crippen molar-refractivity contribution >= 4 is 5.82 Å². The lowest BCUT2D eigenvalue weighted by atomic mass is 10.2. The van der Waals surface area contributed by atoms with E-state index in [-0.39, 0.29) is 5.82 Å². The Bertz CT molecular complexity index is 497. The van der Waals surface area contributed by atoms with E-state index in [0.29, 0.717) is 6.54 Å². The van der Waals surface area contributed by atoms with E-state index in [1.54, 1.807) is 18.5 Å². The molecule has 0 aliphatic rings. The molecule has 0 saturated heterocycles. The average Bonchev–Trinajstić information content (AvgIpc) is 2.39. The van der Waals surface area contributed by atoms with Crippen LogP contribution in [0.2, 0.25) is 0 Å². The third-order valence-corrected chi connectivity index (χ3v) is 2.62. The predicted octanol–water partition coefficient (Wildman–Crippen LogP) is 3.18. The highest BCUT2D eigenvalue weighted by molar-refractivity contribution is 5.36. The number of halogens is 1. The van der Waals surface area contributed by atoms with Gasteiger partial charge in [0.25, 0.3) is 0 Å². The summed E-state index contributed by atoms with van der Waals surface area (Å²) in [6, 6.07) is 8.39. The largest absolute Gasteiger partial charge is 0.366 e. The molecule has 2 aromatic rings. The molecule has 1 aromatic heterocycles. The average molecular weight is 245 g/mol. The highest BCUT2D eigenvalue weighted by Crippen LogP contribution is 2.09. The summed E-state index contributed by atoms with van der Waals surface area (Å²) in [6.45, 7) is 2.75. The minimum atomic E-state index is -0.217.